The Morgan fingerprint density at radius 2 is 2.36 bits per heavy atom. The molecule has 4 nitrogen and oxygen atoms in total. The summed E-state index contributed by atoms with van der Waals surface area (Å²) in [6, 6.07) is 0. The second kappa shape index (κ2) is 3.67. The predicted molar refractivity (Wildman–Crippen MR) is 58.2 cm³/mol. The smallest absolute Gasteiger partial charge is 0.234 e. The van der Waals surface area contributed by atoms with Crippen molar-refractivity contribution < 1.29 is 0 Å². The third-order valence-corrected chi connectivity index (χ3v) is 3.02. The van der Waals surface area contributed by atoms with E-state index in [0.717, 1.165) is 28.1 Å². The number of aryl methyl sites for hydroxylation is 1. The fraction of sp³-hybridized carbons (Fsp3) is 0.333. The van der Waals surface area contributed by atoms with Gasteiger partial charge in [-0.3, -0.25) is 4.40 Å². The highest BCUT2D eigenvalue weighted by Crippen LogP contribution is 2.17. The summed E-state index contributed by atoms with van der Waals surface area (Å²) in [5.74, 6) is 0.718. The topological polar surface area (TPSA) is 56.2 Å². The molecule has 2 heterocycles. The van der Waals surface area contributed by atoms with Crippen LogP contribution < -0.4 is 5.73 Å². The Morgan fingerprint density at radius 3 is 3.07 bits per heavy atom. The van der Waals surface area contributed by atoms with Crippen molar-refractivity contribution in [3.63, 3.8) is 0 Å². The van der Waals surface area contributed by atoms with E-state index in [-0.39, 0.29) is 0 Å². The molecule has 2 aromatic heterocycles. The van der Waals surface area contributed by atoms with Gasteiger partial charge >= 0.3 is 0 Å². The van der Waals surface area contributed by atoms with E-state index in [9.17, 15) is 0 Å². The monoisotopic (exact) mass is 254 g/mol. The highest BCUT2D eigenvalue weighted by atomic mass is 79.9. The van der Waals surface area contributed by atoms with Crippen molar-refractivity contribution in [3.05, 3.63) is 28.3 Å². The van der Waals surface area contributed by atoms with E-state index in [4.69, 9.17) is 5.73 Å². The van der Waals surface area contributed by atoms with Gasteiger partial charge in [-0.25, -0.2) is 9.97 Å². The molecule has 14 heavy (non-hydrogen) atoms. The first-order valence-electron chi connectivity index (χ1n) is 4.41. The Bertz CT molecular complexity index is 463. The SMILES string of the molecule is Cc1nc2ncc(CCN)cn2c1Br. The molecule has 2 rings (SSSR count). The Labute approximate surface area is 90.3 Å². The number of imidazole rings is 1. The van der Waals surface area contributed by atoms with Crippen molar-refractivity contribution >= 4 is 21.7 Å². The van der Waals surface area contributed by atoms with Gasteiger partial charge in [-0.1, -0.05) is 0 Å². The molecule has 0 aromatic carbocycles. The van der Waals surface area contributed by atoms with Crippen LogP contribution in [-0.2, 0) is 6.42 Å². The molecule has 0 aliphatic rings. The van der Waals surface area contributed by atoms with Crippen LogP contribution in [0.5, 0.6) is 0 Å². The zero-order valence-electron chi connectivity index (χ0n) is 7.87. The molecule has 0 amide bonds. The first-order valence-corrected chi connectivity index (χ1v) is 5.21. The fourth-order valence-electron chi connectivity index (χ4n) is 1.35. The van der Waals surface area contributed by atoms with Crippen LogP contribution in [-0.4, -0.2) is 20.9 Å². The Hall–Kier alpha value is -0.940. The maximum absolute atomic E-state index is 5.48. The molecule has 0 aliphatic carbocycles. The van der Waals surface area contributed by atoms with Crippen LogP contribution in [0.2, 0.25) is 0 Å². The number of hydrogen-bond acceptors (Lipinski definition) is 3. The number of nitrogens with two attached hydrogens (primary N) is 1. The van der Waals surface area contributed by atoms with Gasteiger partial charge in [-0.15, -0.1) is 0 Å². The van der Waals surface area contributed by atoms with Gasteiger partial charge in [0, 0.05) is 12.4 Å². The van der Waals surface area contributed by atoms with Gasteiger partial charge in [-0.2, -0.15) is 0 Å². The molecule has 5 heteroatoms. The van der Waals surface area contributed by atoms with Crippen LogP contribution in [0.4, 0.5) is 0 Å². The van der Waals surface area contributed by atoms with Gasteiger partial charge in [0.1, 0.15) is 4.60 Å². The fourth-order valence-corrected chi connectivity index (χ4v) is 1.70. The van der Waals surface area contributed by atoms with E-state index < -0.39 is 0 Å². The number of rotatable bonds is 2. The van der Waals surface area contributed by atoms with E-state index in [1.807, 2.05) is 23.7 Å². The van der Waals surface area contributed by atoms with Crippen LogP contribution in [0.1, 0.15) is 11.3 Å². The molecular formula is C9H11BrN4. The molecule has 0 atom stereocenters. The Morgan fingerprint density at radius 1 is 1.57 bits per heavy atom. The van der Waals surface area contributed by atoms with Gasteiger partial charge in [0.25, 0.3) is 0 Å². The van der Waals surface area contributed by atoms with E-state index >= 15 is 0 Å². The summed E-state index contributed by atoms with van der Waals surface area (Å²) >= 11 is 3.47. The number of hydrogen-bond donors (Lipinski definition) is 1. The second-order valence-corrected chi connectivity index (χ2v) is 3.91. The molecule has 0 aliphatic heterocycles. The maximum Gasteiger partial charge on any atom is 0.234 e. The van der Waals surface area contributed by atoms with Crippen LogP contribution in [0.25, 0.3) is 5.78 Å². The average Bonchev–Trinajstić information content (AvgIpc) is 2.45. The zero-order chi connectivity index (χ0) is 10.1. The summed E-state index contributed by atoms with van der Waals surface area (Å²) in [6.45, 7) is 2.58. The lowest BCUT2D eigenvalue weighted by atomic mass is 10.2. The Balaban J connectivity index is 2.58. The molecule has 0 saturated heterocycles. The number of nitrogens with zero attached hydrogens (tertiary/aromatic N) is 3. The molecular weight excluding hydrogens is 244 g/mol. The lowest BCUT2D eigenvalue weighted by Crippen LogP contribution is -2.04. The third kappa shape index (κ3) is 1.53. The molecule has 74 valence electrons. The lowest BCUT2D eigenvalue weighted by molar-refractivity contribution is 0.930. The van der Waals surface area contributed by atoms with Crippen LogP contribution in [0.3, 0.4) is 0 Å². The highest BCUT2D eigenvalue weighted by Gasteiger charge is 2.06. The largest absolute Gasteiger partial charge is 0.330 e. The lowest BCUT2D eigenvalue weighted by Gasteiger charge is -1.99. The summed E-state index contributed by atoms with van der Waals surface area (Å²) in [6.07, 6.45) is 4.67. The van der Waals surface area contributed by atoms with Crippen LogP contribution in [0, 0.1) is 6.92 Å². The summed E-state index contributed by atoms with van der Waals surface area (Å²) in [7, 11) is 0. The summed E-state index contributed by atoms with van der Waals surface area (Å²) in [4.78, 5) is 8.54. The summed E-state index contributed by atoms with van der Waals surface area (Å²) in [5.41, 5.74) is 7.55. The van der Waals surface area contributed by atoms with Gasteiger partial charge in [0.15, 0.2) is 0 Å². The quantitative estimate of drug-likeness (QED) is 0.879. The minimum absolute atomic E-state index is 0.637. The van der Waals surface area contributed by atoms with E-state index in [2.05, 4.69) is 25.9 Å². The van der Waals surface area contributed by atoms with Crippen LogP contribution in [0.15, 0.2) is 17.0 Å². The van der Waals surface area contributed by atoms with Crippen LogP contribution >= 0.6 is 15.9 Å². The molecule has 0 radical (unpaired) electrons. The molecule has 2 N–H and O–H groups in total. The molecule has 0 spiro atoms. The minimum Gasteiger partial charge on any atom is -0.330 e. The molecule has 2 aromatic rings. The molecule has 0 bridgehead atoms. The van der Waals surface area contributed by atoms with Crippen molar-refractivity contribution in [1.82, 2.24) is 14.4 Å². The van der Waals surface area contributed by atoms with Crippen molar-refractivity contribution in [1.29, 1.82) is 0 Å². The molecule has 0 saturated carbocycles. The normalized spacial score (nSPS) is 11.1. The van der Waals surface area contributed by atoms with Crippen molar-refractivity contribution in [2.75, 3.05) is 6.54 Å². The van der Waals surface area contributed by atoms with Gasteiger partial charge in [-0.05, 0) is 41.4 Å². The standard InChI is InChI=1S/C9H11BrN4/c1-6-8(10)14-5-7(2-3-11)4-12-9(14)13-6/h4-5H,2-3,11H2,1H3. The first-order chi connectivity index (χ1) is 6.72. The van der Waals surface area contributed by atoms with E-state index in [0.29, 0.717) is 6.54 Å². The third-order valence-electron chi connectivity index (χ3n) is 2.07. The summed E-state index contributed by atoms with van der Waals surface area (Å²) < 4.78 is 2.89. The highest BCUT2D eigenvalue weighted by molar-refractivity contribution is 9.10. The number of aromatic nitrogens is 3. The van der Waals surface area contributed by atoms with Gasteiger partial charge in [0.2, 0.25) is 5.78 Å². The molecule has 0 fully saturated rings. The molecule has 0 unspecified atom stereocenters. The number of halogens is 1. The van der Waals surface area contributed by atoms with Crippen molar-refractivity contribution in [3.8, 4) is 0 Å². The van der Waals surface area contributed by atoms with E-state index in [1.54, 1.807) is 0 Å². The maximum atomic E-state index is 5.48. The summed E-state index contributed by atoms with van der Waals surface area (Å²) in [5, 5.41) is 0. The van der Waals surface area contributed by atoms with Crippen molar-refractivity contribution in [2.24, 2.45) is 5.73 Å². The van der Waals surface area contributed by atoms with E-state index in [1.165, 1.54) is 0 Å². The second-order valence-electron chi connectivity index (χ2n) is 3.16. The number of fused-ring (bicyclic) bond motifs is 1. The minimum atomic E-state index is 0.637. The Kier molecular flexibility index (Phi) is 2.52. The van der Waals surface area contributed by atoms with Crippen molar-refractivity contribution in [2.45, 2.75) is 13.3 Å². The average molecular weight is 255 g/mol. The zero-order valence-corrected chi connectivity index (χ0v) is 9.45. The van der Waals surface area contributed by atoms with Gasteiger partial charge < -0.3 is 5.73 Å². The first kappa shape index (κ1) is 9.61. The predicted octanol–water partition coefficient (Wildman–Crippen LogP) is 1.30. The van der Waals surface area contributed by atoms with Gasteiger partial charge in [0.05, 0.1) is 5.69 Å².